The number of hydrogen-bond acceptors (Lipinski definition) is 2. The summed E-state index contributed by atoms with van der Waals surface area (Å²) in [6.07, 6.45) is 0. The Balaban J connectivity index is 2.55. The van der Waals surface area contributed by atoms with Crippen LogP contribution < -0.4 is 10.1 Å². The van der Waals surface area contributed by atoms with Gasteiger partial charge in [-0.2, -0.15) is 0 Å². The van der Waals surface area contributed by atoms with Crippen molar-refractivity contribution in [3.05, 3.63) is 62.0 Å². The van der Waals surface area contributed by atoms with Crippen LogP contribution >= 0.6 is 39.1 Å². The summed E-state index contributed by atoms with van der Waals surface area (Å²) in [4.78, 5) is 0. The van der Waals surface area contributed by atoms with Gasteiger partial charge < -0.3 is 10.1 Å². The molecule has 1 unspecified atom stereocenters. The van der Waals surface area contributed by atoms with Crippen LogP contribution in [0.4, 0.5) is 0 Å². The third kappa shape index (κ3) is 3.92. The zero-order valence-corrected chi connectivity index (χ0v) is 14.9. The van der Waals surface area contributed by atoms with E-state index in [4.69, 9.17) is 27.9 Å². The van der Waals surface area contributed by atoms with Crippen molar-refractivity contribution in [2.45, 2.75) is 13.0 Å². The van der Waals surface area contributed by atoms with Gasteiger partial charge in [-0.15, -0.1) is 0 Å². The van der Waals surface area contributed by atoms with Gasteiger partial charge >= 0.3 is 0 Å². The molecule has 0 aliphatic rings. The monoisotopic (exact) mass is 387 g/mol. The van der Waals surface area contributed by atoms with Gasteiger partial charge in [0.1, 0.15) is 5.75 Å². The maximum atomic E-state index is 6.40. The SMILES string of the molecule is CCNC(c1ccc(Br)cc1Cl)c1cc(Cl)ccc1OC. The second-order valence-corrected chi connectivity index (χ2v) is 6.30. The first kappa shape index (κ1) is 16.6. The predicted octanol–water partition coefficient (Wildman–Crippen LogP) is 5.46. The molecule has 112 valence electrons. The topological polar surface area (TPSA) is 21.3 Å². The van der Waals surface area contributed by atoms with E-state index in [0.29, 0.717) is 10.0 Å². The van der Waals surface area contributed by atoms with Crippen molar-refractivity contribution >= 4 is 39.1 Å². The number of methoxy groups -OCH3 is 1. The molecule has 2 aromatic carbocycles. The number of benzene rings is 2. The van der Waals surface area contributed by atoms with Crippen molar-refractivity contribution in [2.24, 2.45) is 0 Å². The van der Waals surface area contributed by atoms with Gasteiger partial charge in [0, 0.05) is 20.1 Å². The average Bonchev–Trinajstić information content (AvgIpc) is 2.45. The summed E-state index contributed by atoms with van der Waals surface area (Å²) in [6.45, 7) is 2.85. The van der Waals surface area contributed by atoms with E-state index in [1.165, 1.54) is 0 Å². The normalized spacial score (nSPS) is 12.2. The van der Waals surface area contributed by atoms with Crippen molar-refractivity contribution in [1.29, 1.82) is 0 Å². The lowest BCUT2D eigenvalue weighted by Crippen LogP contribution is -2.23. The van der Waals surface area contributed by atoms with E-state index in [0.717, 1.165) is 27.9 Å². The van der Waals surface area contributed by atoms with Gasteiger partial charge in [0.15, 0.2) is 0 Å². The molecule has 21 heavy (non-hydrogen) atoms. The molecule has 0 aliphatic carbocycles. The van der Waals surface area contributed by atoms with E-state index in [1.54, 1.807) is 7.11 Å². The molecular weight excluding hydrogens is 373 g/mol. The van der Waals surface area contributed by atoms with Gasteiger partial charge in [-0.25, -0.2) is 0 Å². The highest BCUT2D eigenvalue weighted by atomic mass is 79.9. The minimum absolute atomic E-state index is 0.0794. The zero-order valence-electron chi connectivity index (χ0n) is 11.8. The fourth-order valence-corrected chi connectivity index (χ4v) is 3.22. The molecule has 0 spiro atoms. The van der Waals surface area contributed by atoms with E-state index < -0.39 is 0 Å². The maximum absolute atomic E-state index is 6.40. The van der Waals surface area contributed by atoms with E-state index in [2.05, 4.69) is 28.2 Å². The highest BCUT2D eigenvalue weighted by Gasteiger charge is 2.20. The molecule has 1 atom stereocenters. The number of ether oxygens (including phenoxy) is 1. The van der Waals surface area contributed by atoms with Crippen molar-refractivity contribution in [3.8, 4) is 5.75 Å². The summed E-state index contributed by atoms with van der Waals surface area (Å²) >= 11 is 16.0. The Hall–Kier alpha value is -0.740. The van der Waals surface area contributed by atoms with Gasteiger partial charge in [0.05, 0.1) is 13.2 Å². The smallest absolute Gasteiger partial charge is 0.124 e. The van der Waals surface area contributed by atoms with E-state index >= 15 is 0 Å². The molecule has 0 aliphatic heterocycles. The third-order valence-corrected chi connectivity index (χ3v) is 4.24. The van der Waals surface area contributed by atoms with Gasteiger partial charge in [-0.3, -0.25) is 0 Å². The Morgan fingerprint density at radius 1 is 1.14 bits per heavy atom. The summed E-state index contributed by atoms with van der Waals surface area (Å²) in [5, 5.41) is 4.80. The summed E-state index contributed by atoms with van der Waals surface area (Å²) in [5.41, 5.74) is 1.96. The number of nitrogens with one attached hydrogen (secondary N) is 1. The van der Waals surface area contributed by atoms with Crippen molar-refractivity contribution in [2.75, 3.05) is 13.7 Å². The lowest BCUT2D eigenvalue weighted by molar-refractivity contribution is 0.404. The molecule has 0 amide bonds. The molecule has 0 saturated carbocycles. The Morgan fingerprint density at radius 3 is 2.52 bits per heavy atom. The van der Waals surface area contributed by atoms with Crippen LogP contribution in [-0.4, -0.2) is 13.7 Å². The fourth-order valence-electron chi connectivity index (χ4n) is 2.26. The van der Waals surface area contributed by atoms with E-state index in [1.807, 2.05) is 36.4 Å². The Kier molecular flexibility index (Phi) is 5.94. The van der Waals surface area contributed by atoms with Crippen molar-refractivity contribution in [3.63, 3.8) is 0 Å². The largest absolute Gasteiger partial charge is 0.496 e. The molecule has 5 heteroatoms. The Bertz CT molecular complexity index is 634. The molecule has 0 heterocycles. The molecule has 2 aromatic rings. The highest BCUT2D eigenvalue weighted by molar-refractivity contribution is 9.10. The molecule has 1 N–H and O–H groups in total. The predicted molar refractivity (Wildman–Crippen MR) is 92.7 cm³/mol. The van der Waals surface area contributed by atoms with Gasteiger partial charge in [0.2, 0.25) is 0 Å². The minimum Gasteiger partial charge on any atom is -0.496 e. The average molecular weight is 389 g/mol. The van der Waals surface area contributed by atoms with Crippen LogP contribution in [0.15, 0.2) is 40.9 Å². The van der Waals surface area contributed by atoms with Crippen molar-refractivity contribution in [1.82, 2.24) is 5.32 Å². The molecule has 0 fully saturated rings. The van der Waals surface area contributed by atoms with Crippen LogP contribution in [0.2, 0.25) is 10.0 Å². The highest BCUT2D eigenvalue weighted by Crippen LogP contribution is 2.36. The summed E-state index contributed by atoms with van der Waals surface area (Å²) in [6, 6.07) is 11.4. The molecule has 0 radical (unpaired) electrons. The third-order valence-electron chi connectivity index (χ3n) is 3.18. The van der Waals surface area contributed by atoms with Crippen LogP contribution in [0.5, 0.6) is 5.75 Å². The number of halogens is 3. The minimum atomic E-state index is -0.0794. The lowest BCUT2D eigenvalue weighted by atomic mass is 9.97. The van der Waals surface area contributed by atoms with Crippen LogP contribution in [0.1, 0.15) is 24.1 Å². The summed E-state index contributed by atoms with van der Waals surface area (Å²) in [7, 11) is 1.65. The zero-order chi connectivity index (χ0) is 15.4. The second kappa shape index (κ2) is 7.50. The molecular formula is C16H16BrCl2NO. The van der Waals surface area contributed by atoms with Crippen LogP contribution in [0.3, 0.4) is 0 Å². The second-order valence-electron chi connectivity index (χ2n) is 4.54. The Morgan fingerprint density at radius 2 is 1.90 bits per heavy atom. The van der Waals surface area contributed by atoms with Crippen LogP contribution in [0, 0.1) is 0 Å². The summed E-state index contributed by atoms with van der Waals surface area (Å²) < 4.78 is 6.41. The Labute approximate surface area is 143 Å². The standard InChI is InChI=1S/C16H16BrCl2NO/c1-3-20-16(12-6-4-10(17)8-14(12)19)13-9-11(18)5-7-15(13)21-2/h4-9,16,20H,3H2,1-2H3. The van der Waals surface area contributed by atoms with Gasteiger partial charge in [-0.1, -0.05) is 52.1 Å². The molecule has 0 saturated heterocycles. The molecule has 0 bridgehead atoms. The first-order valence-corrected chi connectivity index (χ1v) is 8.13. The lowest BCUT2D eigenvalue weighted by Gasteiger charge is -2.22. The number of rotatable bonds is 5. The molecule has 0 aromatic heterocycles. The van der Waals surface area contributed by atoms with E-state index in [9.17, 15) is 0 Å². The number of hydrogen-bond donors (Lipinski definition) is 1. The van der Waals surface area contributed by atoms with Gasteiger partial charge in [-0.05, 0) is 42.4 Å². The molecule has 2 nitrogen and oxygen atoms in total. The van der Waals surface area contributed by atoms with Crippen molar-refractivity contribution < 1.29 is 4.74 Å². The van der Waals surface area contributed by atoms with E-state index in [-0.39, 0.29) is 6.04 Å². The maximum Gasteiger partial charge on any atom is 0.124 e. The van der Waals surface area contributed by atoms with Crippen LogP contribution in [-0.2, 0) is 0 Å². The van der Waals surface area contributed by atoms with Crippen LogP contribution in [0.25, 0.3) is 0 Å². The summed E-state index contributed by atoms with van der Waals surface area (Å²) in [5.74, 6) is 0.782. The fraction of sp³-hybridized carbons (Fsp3) is 0.250. The first-order chi connectivity index (χ1) is 10.1. The quantitative estimate of drug-likeness (QED) is 0.733. The molecule has 2 rings (SSSR count). The first-order valence-electron chi connectivity index (χ1n) is 6.58. The van der Waals surface area contributed by atoms with Gasteiger partial charge in [0.25, 0.3) is 0 Å².